The maximum atomic E-state index is 7.57. The smallest absolute Gasteiger partial charge is 0.181 e. The van der Waals surface area contributed by atoms with Crippen molar-refractivity contribution in [3.8, 4) is 0 Å². The molecule has 1 aromatic heterocycles. The number of aryl methyl sites for hydroxylation is 2. The molecule has 1 rings (SSSR count). The van der Waals surface area contributed by atoms with Crippen LogP contribution in [-0.2, 0) is 0 Å². The molecule has 0 spiro atoms. The molecule has 0 aliphatic rings. The van der Waals surface area contributed by atoms with Gasteiger partial charge in [0.1, 0.15) is 5.76 Å². The second-order valence-corrected chi connectivity index (χ2v) is 1.81. The molecule has 0 radical (unpaired) electrons. The first-order chi connectivity index (χ1) is 4.72. The van der Waals surface area contributed by atoms with Crippen LogP contribution in [-0.4, -0.2) is 16.7 Å². The van der Waals surface area contributed by atoms with Crippen LogP contribution in [0.15, 0.2) is 10.8 Å². The van der Waals surface area contributed by atoms with Crippen molar-refractivity contribution in [2.24, 2.45) is 0 Å². The molecule has 0 aromatic carbocycles. The van der Waals surface area contributed by atoms with Crippen molar-refractivity contribution in [1.29, 1.82) is 0 Å². The Bertz CT molecular complexity index is 155. The summed E-state index contributed by atoms with van der Waals surface area (Å²) in [5.74, 6) is 0.903. The molecular weight excluding hydrogens is 130 g/mol. The van der Waals surface area contributed by atoms with E-state index in [-0.39, 0.29) is 6.61 Å². The van der Waals surface area contributed by atoms with E-state index in [1.807, 2.05) is 13.8 Å². The first kappa shape index (κ1) is 9.17. The number of hydrogen-bond acceptors (Lipinski definition) is 3. The predicted molar refractivity (Wildman–Crippen MR) is 38.7 cm³/mol. The molecular formula is C7H13NO2. The van der Waals surface area contributed by atoms with E-state index in [1.165, 1.54) is 6.39 Å². The lowest BCUT2D eigenvalue weighted by Crippen LogP contribution is -1.69. The Morgan fingerprint density at radius 1 is 1.60 bits per heavy atom. The summed E-state index contributed by atoms with van der Waals surface area (Å²) in [4.78, 5) is 3.85. The second kappa shape index (κ2) is 4.99. The van der Waals surface area contributed by atoms with Crippen molar-refractivity contribution in [3.05, 3.63) is 17.8 Å². The predicted octanol–water partition coefficient (Wildman–Crippen LogP) is 1.29. The summed E-state index contributed by atoms with van der Waals surface area (Å²) in [5, 5.41) is 7.57. The Kier molecular flexibility index (Phi) is 4.58. The lowest BCUT2D eigenvalue weighted by atomic mass is 10.4. The number of oxazole rings is 1. The van der Waals surface area contributed by atoms with Gasteiger partial charge in [-0.3, -0.25) is 0 Å². The summed E-state index contributed by atoms with van der Waals surface area (Å²) in [7, 11) is 0. The van der Waals surface area contributed by atoms with E-state index < -0.39 is 0 Å². The van der Waals surface area contributed by atoms with Crippen molar-refractivity contribution in [1.82, 2.24) is 4.98 Å². The molecule has 1 aromatic rings. The summed E-state index contributed by atoms with van der Waals surface area (Å²) < 4.78 is 4.85. The number of aliphatic hydroxyl groups is 1. The van der Waals surface area contributed by atoms with Crippen LogP contribution in [0.2, 0.25) is 0 Å². The first-order valence-corrected chi connectivity index (χ1v) is 3.19. The molecule has 0 saturated heterocycles. The molecule has 0 saturated carbocycles. The Hall–Kier alpha value is -0.830. The van der Waals surface area contributed by atoms with Gasteiger partial charge in [0.05, 0.1) is 5.69 Å². The van der Waals surface area contributed by atoms with Gasteiger partial charge >= 0.3 is 0 Å². The first-order valence-electron chi connectivity index (χ1n) is 3.19. The molecule has 3 nitrogen and oxygen atoms in total. The van der Waals surface area contributed by atoms with Gasteiger partial charge in [-0.1, -0.05) is 0 Å². The average molecular weight is 143 g/mol. The van der Waals surface area contributed by atoms with Crippen LogP contribution in [0.25, 0.3) is 0 Å². The van der Waals surface area contributed by atoms with Gasteiger partial charge in [0.15, 0.2) is 6.39 Å². The number of rotatable bonds is 0. The molecule has 0 atom stereocenters. The molecule has 0 aliphatic heterocycles. The van der Waals surface area contributed by atoms with Crippen molar-refractivity contribution in [3.63, 3.8) is 0 Å². The van der Waals surface area contributed by atoms with Gasteiger partial charge in [-0.25, -0.2) is 4.98 Å². The molecule has 0 unspecified atom stereocenters. The highest BCUT2D eigenvalue weighted by atomic mass is 16.3. The van der Waals surface area contributed by atoms with Crippen molar-refractivity contribution < 1.29 is 9.52 Å². The zero-order chi connectivity index (χ0) is 7.98. The number of hydrogen-bond donors (Lipinski definition) is 1. The van der Waals surface area contributed by atoms with Crippen LogP contribution in [0.3, 0.4) is 0 Å². The van der Waals surface area contributed by atoms with Crippen molar-refractivity contribution in [2.75, 3.05) is 6.61 Å². The summed E-state index contributed by atoms with van der Waals surface area (Å²) in [6, 6.07) is 0. The Balaban J connectivity index is 0.000000236. The van der Waals surface area contributed by atoms with E-state index in [4.69, 9.17) is 9.52 Å². The summed E-state index contributed by atoms with van der Waals surface area (Å²) in [6.07, 6.45) is 1.45. The van der Waals surface area contributed by atoms with Crippen LogP contribution in [0, 0.1) is 13.8 Å². The van der Waals surface area contributed by atoms with Gasteiger partial charge in [0, 0.05) is 6.61 Å². The average Bonchev–Trinajstić information content (AvgIpc) is 2.19. The van der Waals surface area contributed by atoms with E-state index in [2.05, 4.69) is 4.98 Å². The third-order valence-electron chi connectivity index (χ3n) is 0.985. The molecule has 0 fully saturated rings. The third-order valence-corrected chi connectivity index (χ3v) is 0.985. The molecule has 0 amide bonds. The molecule has 1 heterocycles. The number of aromatic nitrogens is 1. The van der Waals surface area contributed by atoms with Crippen molar-refractivity contribution >= 4 is 0 Å². The minimum absolute atomic E-state index is 0.250. The number of aliphatic hydroxyl groups excluding tert-OH is 1. The Labute approximate surface area is 60.7 Å². The topological polar surface area (TPSA) is 46.3 Å². The van der Waals surface area contributed by atoms with Crippen LogP contribution >= 0.6 is 0 Å². The standard InChI is InChI=1S/C5H7NO.C2H6O/c1-4-5(2)7-3-6-4;1-2-3/h3H,1-2H3;3H,2H2,1H3. The van der Waals surface area contributed by atoms with Gasteiger partial charge in [0.25, 0.3) is 0 Å². The molecule has 58 valence electrons. The van der Waals surface area contributed by atoms with E-state index in [1.54, 1.807) is 6.92 Å². The second-order valence-electron chi connectivity index (χ2n) is 1.81. The highest BCUT2D eigenvalue weighted by Gasteiger charge is 1.90. The quantitative estimate of drug-likeness (QED) is 0.595. The molecule has 1 N–H and O–H groups in total. The van der Waals surface area contributed by atoms with Gasteiger partial charge in [-0.05, 0) is 20.8 Å². The van der Waals surface area contributed by atoms with Crippen LogP contribution < -0.4 is 0 Å². The van der Waals surface area contributed by atoms with Crippen LogP contribution in [0.1, 0.15) is 18.4 Å². The summed E-state index contributed by atoms with van der Waals surface area (Å²) >= 11 is 0. The van der Waals surface area contributed by atoms with E-state index in [9.17, 15) is 0 Å². The SMILES string of the molecule is CCO.Cc1ncoc1C. The third kappa shape index (κ3) is 3.25. The Morgan fingerprint density at radius 2 is 2.10 bits per heavy atom. The minimum Gasteiger partial charge on any atom is -0.449 e. The maximum absolute atomic E-state index is 7.57. The Morgan fingerprint density at radius 3 is 2.20 bits per heavy atom. The summed E-state index contributed by atoms with van der Waals surface area (Å²) in [5.41, 5.74) is 0.972. The molecule has 10 heavy (non-hydrogen) atoms. The zero-order valence-electron chi connectivity index (χ0n) is 6.59. The largest absolute Gasteiger partial charge is 0.449 e. The monoisotopic (exact) mass is 143 g/mol. The number of nitrogens with zero attached hydrogens (tertiary/aromatic N) is 1. The molecule has 0 bridgehead atoms. The van der Waals surface area contributed by atoms with Crippen molar-refractivity contribution in [2.45, 2.75) is 20.8 Å². The van der Waals surface area contributed by atoms with Gasteiger partial charge in [0.2, 0.25) is 0 Å². The molecule has 0 aliphatic carbocycles. The highest BCUT2D eigenvalue weighted by Crippen LogP contribution is 1.99. The lowest BCUT2D eigenvalue weighted by Gasteiger charge is -1.76. The van der Waals surface area contributed by atoms with Gasteiger partial charge in [-0.2, -0.15) is 0 Å². The van der Waals surface area contributed by atoms with E-state index in [0.29, 0.717) is 0 Å². The lowest BCUT2D eigenvalue weighted by molar-refractivity contribution is 0.318. The van der Waals surface area contributed by atoms with Gasteiger partial charge in [-0.15, -0.1) is 0 Å². The zero-order valence-corrected chi connectivity index (χ0v) is 6.59. The highest BCUT2D eigenvalue weighted by molar-refractivity contribution is 5.00. The van der Waals surface area contributed by atoms with E-state index in [0.717, 1.165) is 11.5 Å². The normalized spacial score (nSPS) is 8.40. The molecule has 3 heteroatoms. The fraction of sp³-hybridized carbons (Fsp3) is 0.571. The fourth-order valence-corrected chi connectivity index (χ4v) is 0.361. The minimum atomic E-state index is 0.250. The van der Waals surface area contributed by atoms with Gasteiger partial charge < -0.3 is 9.52 Å². The van der Waals surface area contributed by atoms with Crippen LogP contribution in [0.4, 0.5) is 0 Å². The van der Waals surface area contributed by atoms with Crippen LogP contribution in [0.5, 0.6) is 0 Å². The van der Waals surface area contributed by atoms with E-state index >= 15 is 0 Å². The fourth-order valence-electron chi connectivity index (χ4n) is 0.361. The maximum Gasteiger partial charge on any atom is 0.181 e. The summed E-state index contributed by atoms with van der Waals surface area (Å²) in [6.45, 7) is 5.74.